The molecule has 0 bridgehead atoms. The van der Waals surface area contributed by atoms with Crippen molar-refractivity contribution in [3.63, 3.8) is 0 Å². The van der Waals surface area contributed by atoms with Crippen molar-refractivity contribution in [2.45, 2.75) is 38.8 Å². The Morgan fingerprint density at radius 2 is 2.39 bits per heavy atom. The summed E-state index contributed by atoms with van der Waals surface area (Å²) in [5.41, 5.74) is 0. The van der Waals surface area contributed by atoms with Gasteiger partial charge in [0, 0.05) is 23.8 Å². The number of nitrogens with zero attached hydrogens (tertiary/aromatic N) is 2. The molecule has 98 valence electrons. The number of imidazole rings is 1. The summed E-state index contributed by atoms with van der Waals surface area (Å²) in [5, 5.41) is 5.53. The SMILES string of the molecule is CCn1ccnc1C(CCCc1cccs1)NC. The fraction of sp³-hybridized carbons (Fsp3) is 0.500. The van der Waals surface area contributed by atoms with Crippen molar-refractivity contribution in [3.8, 4) is 0 Å². The number of hydrogen-bond donors (Lipinski definition) is 1. The van der Waals surface area contributed by atoms with Crippen molar-refractivity contribution in [1.29, 1.82) is 0 Å². The second-order valence-electron chi connectivity index (χ2n) is 4.38. The van der Waals surface area contributed by atoms with Gasteiger partial charge in [-0.2, -0.15) is 0 Å². The number of rotatable bonds is 7. The Bertz CT molecular complexity index is 447. The zero-order valence-electron chi connectivity index (χ0n) is 11.1. The Balaban J connectivity index is 1.89. The number of hydrogen-bond acceptors (Lipinski definition) is 3. The highest BCUT2D eigenvalue weighted by atomic mass is 32.1. The molecule has 18 heavy (non-hydrogen) atoms. The summed E-state index contributed by atoms with van der Waals surface area (Å²) < 4.78 is 2.21. The molecule has 1 atom stereocenters. The predicted molar refractivity (Wildman–Crippen MR) is 77.0 cm³/mol. The molecule has 0 amide bonds. The zero-order valence-corrected chi connectivity index (χ0v) is 11.9. The summed E-state index contributed by atoms with van der Waals surface area (Å²) in [6.45, 7) is 3.14. The first-order chi connectivity index (χ1) is 8.85. The number of aryl methyl sites for hydroxylation is 2. The fourth-order valence-electron chi connectivity index (χ4n) is 2.24. The highest BCUT2D eigenvalue weighted by molar-refractivity contribution is 7.09. The van der Waals surface area contributed by atoms with Gasteiger partial charge in [0.1, 0.15) is 5.82 Å². The lowest BCUT2D eigenvalue weighted by molar-refractivity contribution is 0.480. The van der Waals surface area contributed by atoms with Crippen LogP contribution in [0.15, 0.2) is 29.9 Å². The third-order valence-electron chi connectivity index (χ3n) is 3.24. The molecule has 2 aromatic heterocycles. The van der Waals surface area contributed by atoms with E-state index in [2.05, 4.69) is 45.5 Å². The largest absolute Gasteiger partial charge is 0.334 e. The predicted octanol–water partition coefficient (Wildman–Crippen LogP) is 3.25. The van der Waals surface area contributed by atoms with Crippen LogP contribution in [0.3, 0.4) is 0 Å². The van der Waals surface area contributed by atoms with E-state index in [1.54, 1.807) is 0 Å². The van der Waals surface area contributed by atoms with Crippen LogP contribution in [0, 0.1) is 0 Å². The summed E-state index contributed by atoms with van der Waals surface area (Å²) in [5.74, 6) is 1.16. The van der Waals surface area contributed by atoms with Crippen LogP contribution in [0.5, 0.6) is 0 Å². The van der Waals surface area contributed by atoms with Gasteiger partial charge >= 0.3 is 0 Å². The highest BCUT2D eigenvalue weighted by Crippen LogP contribution is 2.19. The van der Waals surface area contributed by atoms with Crippen LogP contribution in [-0.2, 0) is 13.0 Å². The molecule has 0 aliphatic heterocycles. The highest BCUT2D eigenvalue weighted by Gasteiger charge is 2.14. The van der Waals surface area contributed by atoms with Crippen molar-refractivity contribution >= 4 is 11.3 Å². The van der Waals surface area contributed by atoms with Gasteiger partial charge in [0.05, 0.1) is 6.04 Å². The summed E-state index contributed by atoms with van der Waals surface area (Å²) in [6, 6.07) is 4.70. The fourth-order valence-corrected chi connectivity index (χ4v) is 2.99. The third-order valence-corrected chi connectivity index (χ3v) is 4.18. The van der Waals surface area contributed by atoms with Crippen molar-refractivity contribution in [2.75, 3.05) is 7.05 Å². The molecule has 3 nitrogen and oxygen atoms in total. The second-order valence-corrected chi connectivity index (χ2v) is 5.42. The maximum absolute atomic E-state index is 4.48. The average molecular weight is 263 g/mol. The standard InChI is InChI=1S/C14H21N3S/c1-3-17-10-9-16-14(17)13(15-2)8-4-6-12-7-5-11-18-12/h5,7,9-11,13,15H,3-4,6,8H2,1-2H3. The summed E-state index contributed by atoms with van der Waals surface area (Å²) >= 11 is 1.85. The van der Waals surface area contributed by atoms with Gasteiger partial charge in [-0.3, -0.25) is 0 Å². The van der Waals surface area contributed by atoms with Crippen LogP contribution < -0.4 is 5.32 Å². The lowest BCUT2D eigenvalue weighted by atomic mass is 10.1. The van der Waals surface area contributed by atoms with Crippen molar-refractivity contribution in [3.05, 3.63) is 40.6 Å². The maximum atomic E-state index is 4.48. The van der Waals surface area contributed by atoms with Crippen LogP contribution in [0.25, 0.3) is 0 Å². The first-order valence-corrected chi connectivity index (χ1v) is 7.43. The molecule has 0 radical (unpaired) electrons. The molecular weight excluding hydrogens is 242 g/mol. The lowest BCUT2D eigenvalue weighted by Crippen LogP contribution is -2.20. The number of aromatic nitrogens is 2. The minimum Gasteiger partial charge on any atom is -0.334 e. The Morgan fingerprint density at radius 3 is 3.06 bits per heavy atom. The topological polar surface area (TPSA) is 29.9 Å². The zero-order chi connectivity index (χ0) is 12.8. The minimum atomic E-state index is 0.361. The Labute approximate surface area is 113 Å². The van der Waals surface area contributed by atoms with E-state index in [0.29, 0.717) is 6.04 Å². The molecule has 1 unspecified atom stereocenters. The second kappa shape index (κ2) is 6.71. The van der Waals surface area contributed by atoms with Gasteiger partial charge in [-0.25, -0.2) is 4.98 Å². The molecule has 0 saturated carbocycles. The lowest BCUT2D eigenvalue weighted by Gasteiger charge is -2.16. The third kappa shape index (κ3) is 3.21. The van der Waals surface area contributed by atoms with Crippen molar-refractivity contribution in [2.24, 2.45) is 0 Å². The number of nitrogens with one attached hydrogen (secondary N) is 1. The molecule has 0 spiro atoms. The van der Waals surface area contributed by atoms with Crippen LogP contribution in [-0.4, -0.2) is 16.6 Å². The summed E-state index contributed by atoms with van der Waals surface area (Å²) in [4.78, 5) is 5.95. The van der Waals surface area contributed by atoms with Gasteiger partial charge in [0.25, 0.3) is 0 Å². The molecule has 0 saturated heterocycles. The van der Waals surface area contributed by atoms with Gasteiger partial charge in [0.2, 0.25) is 0 Å². The molecular formula is C14H21N3S. The Kier molecular flexibility index (Phi) is 4.96. The van der Waals surface area contributed by atoms with Crippen LogP contribution in [0.4, 0.5) is 0 Å². The van der Waals surface area contributed by atoms with Crippen molar-refractivity contribution < 1.29 is 0 Å². The van der Waals surface area contributed by atoms with Crippen molar-refractivity contribution in [1.82, 2.24) is 14.9 Å². The molecule has 2 aromatic rings. The quantitative estimate of drug-likeness (QED) is 0.831. The van der Waals surface area contributed by atoms with Gasteiger partial charge in [-0.1, -0.05) is 6.07 Å². The van der Waals surface area contributed by atoms with E-state index >= 15 is 0 Å². The molecule has 2 heterocycles. The molecule has 1 N–H and O–H groups in total. The van der Waals surface area contributed by atoms with Crippen LogP contribution >= 0.6 is 11.3 Å². The molecule has 0 aliphatic carbocycles. The van der Waals surface area contributed by atoms with E-state index in [4.69, 9.17) is 0 Å². The first kappa shape index (κ1) is 13.3. The van der Waals surface area contributed by atoms with E-state index in [9.17, 15) is 0 Å². The summed E-state index contributed by atoms with van der Waals surface area (Å²) in [6.07, 6.45) is 7.44. The van der Waals surface area contributed by atoms with E-state index in [-0.39, 0.29) is 0 Å². The van der Waals surface area contributed by atoms with Crippen LogP contribution in [0.2, 0.25) is 0 Å². The van der Waals surface area contributed by atoms with Gasteiger partial charge in [-0.15, -0.1) is 11.3 Å². The van der Waals surface area contributed by atoms with E-state index in [0.717, 1.165) is 18.8 Å². The molecule has 2 rings (SSSR count). The first-order valence-electron chi connectivity index (χ1n) is 6.55. The Morgan fingerprint density at radius 1 is 1.50 bits per heavy atom. The van der Waals surface area contributed by atoms with Crippen LogP contribution in [0.1, 0.15) is 36.5 Å². The summed E-state index contributed by atoms with van der Waals surface area (Å²) in [7, 11) is 2.02. The Hall–Kier alpha value is -1.13. The van der Waals surface area contributed by atoms with E-state index in [1.165, 1.54) is 17.7 Å². The normalized spacial score (nSPS) is 12.8. The molecule has 0 aliphatic rings. The van der Waals surface area contributed by atoms with E-state index < -0.39 is 0 Å². The van der Waals surface area contributed by atoms with Gasteiger partial charge in [0.15, 0.2) is 0 Å². The minimum absolute atomic E-state index is 0.361. The van der Waals surface area contributed by atoms with E-state index in [1.807, 2.05) is 24.6 Å². The smallest absolute Gasteiger partial charge is 0.125 e. The number of thiophene rings is 1. The molecule has 4 heteroatoms. The van der Waals surface area contributed by atoms with Gasteiger partial charge in [-0.05, 0) is 44.7 Å². The monoisotopic (exact) mass is 263 g/mol. The van der Waals surface area contributed by atoms with Gasteiger partial charge < -0.3 is 9.88 Å². The average Bonchev–Trinajstić information content (AvgIpc) is 3.05. The molecule has 0 aromatic carbocycles. The maximum Gasteiger partial charge on any atom is 0.125 e. The molecule has 0 fully saturated rings.